The molecule has 12 heteroatoms. The fourth-order valence-electron chi connectivity index (χ4n) is 2.42. The van der Waals surface area contributed by atoms with Gasteiger partial charge in [-0.1, -0.05) is 22.9 Å². The number of anilines is 1. The molecule has 164 valence electrons. The van der Waals surface area contributed by atoms with Crippen molar-refractivity contribution < 1.29 is 9.21 Å². The second-order valence-electron chi connectivity index (χ2n) is 6.17. The van der Waals surface area contributed by atoms with E-state index in [9.17, 15) is 4.79 Å². The van der Waals surface area contributed by atoms with Crippen molar-refractivity contribution in [3.63, 3.8) is 0 Å². The lowest BCUT2D eigenvalue weighted by molar-refractivity contribution is 0.0977. The van der Waals surface area contributed by atoms with E-state index in [1.165, 1.54) is 11.3 Å². The number of nitrogens with one attached hydrogen (secondary N) is 3. The topological polar surface area (TPSA) is 118 Å². The number of nitrogens with two attached hydrogens (primary N) is 1. The lowest BCUT2D eigenvalue weighted by atomic mass is 10.2. The molecule has 32 heavy (non-hydrogen) atoms. The Morgan fingerprint density at radius 2 is 2.03 bits per heavy atom. The highest BCUT2D eigenvalue weighted by Gasteiger charge is 2.15. The van der Waals surface area contributed by atoms with Crippen LogP contribution in [0.5, 0.6) is 0 Å². The van der Waals surface area contributed by atoms with Gasteiger partial charge < -0.3 is 15.5 Å². The maximum absolute atomic E-state index is 12.3. The molecule has 2 heterocycles. The van der Waals surface area contributed by atoms with Crippen molar-refractivity contribution in [3.8, 4) is 0 Å². The number of amides is 1. The third-order valence-electron chi connectivity index (χ3n) is 3.82. The van der Waals surface area contributed by atoms with Crippen LogP contribution in [0.4, 0.5) is 5.13 Å². The van der Waals surface area contributed by atoms with Crippen LogP contribution in [0.25, 0.3) is 6.08 Å². The minimum Gasteiger partial charge on any atom is -0.465 e. The molecule has 8 nitrogen and oxygen atoms in total. The maximum atomic E-state index is 12.3. The fraction of sp³-hybridized carbons (Fsp3) is 0.0500. The SMILES string of the molecule is Cc1nc(NC(=S)NC(=O)c2ccc(Cl)cc2)sc1C(/C=C/c1ccco1)=N\NC(N)=S. The van der Waals surface area contributed by atoms with Gasteiger partial charge >= 0.3 is 0 Å². The molecule has 0 atom stereocenters. The van der Waals surface area contributed by atoms with E-state index in [2.05, 4.69) is 26.1 Å². The maximum Gasteiger partial charge on any atom is 0.257 e. The van der Waals surface area contributed by atoms with Crippen molar-refractivity contribution in [2.75, 3.05) is 5.32 Å². The van der Waals surface area contributed by atoms with Gasteiger partial charge in [-0.15, -0.1) is 0 Å². The summed E-state index contributed by atoms with van der Waals surface area (Å²) in [6, 6.07) is 10.1. The summed E-state index contributed by atoms with van der Waals surface area (Å²) in [7, 11) is 0. The first-order valence-electron chi connectivity index (χ1n) is 9.02. The number of hydrogen-bond acceptors (Lipinski definition) is 7. The Morgan fingerprint density at radius 1 is 1.28 bits per heavy atom. The molecule has 3 rings (SSSR count). The second-order valence-corrected chi connectivity index (χ2v) is 8.45. The van der Waals surface area contributed by atoms with Gasteiger partial charge in [-0.05, 0) is 79.9 Å². The lowest BCUT2D eigenvalue weighted by Crippen LogP contribution is -2.34. The number of hydrazone groups is 1. The fourth-order valence-corrected chi connectivity index (χ4v) is 3.78. The molecule has 0 aliphatic carbocycles. The largest absolute Gasteiger partial charge is 0.465 e. The standard InChI is InChI=1S/C20H17ClN6O2S3/c1-11-16(15(26-27-18(22)30)9-8-14-3-2-10-29-14)32-20(23-11)25-19(31)24-17(28)12-4-6-13(21)7-5-12/h2-10H,1H3,(H3,22,27,30)(H2,23,24,25,28,31)/b9-8+,26-15-. The van der Waals surface area contributed by atoms with E-state index in [1.807, 2.05) is 13.0 Å². The molecule has 0 saturated carbocycles. The van der Waals surface area contributed by atoms with Gasteiger partial charge in [-0.2, -0.15) is 5.10 Å². The number of furan rings is 1. The predicted molar refractivity (Wildman–Crippen MR) is 136 cm³/mol. The van der Waals surface area contributed by atoms with Crippen LogP contribution in [-0.4, -0.2) is 26.8 Å². The highest BCUT2D eigenvalue weighted by molar-refractivity contribution is 7.80. The zero-order chi connectivity index (χ0) is 23.1. The van der Waals surface area contributed by atoms with E-state index in [4.69, 9.17) is 46.2 Å². The van der Waals surface area contributed by atoms with Crippen molar-refractivity contribution in [2.24, 2.45) is 10.8 Å². The monoisotopic (exact) mass is 504 g/mol. The Kier molecular flexibility index (Phi) is 8.06. The van der Waals surface area contributed by atoms with Crippen LogP contribution >= 0.6 is 47.4 Å². The summed E-state index contributed by atoms with van der Waals surface area (Å²) in [5.41, 5.74) is 9.74. The number of benzene rings is 1. The molecule has 0 radical (unpaired) electrons. The van der Waals surface area contributed by atoms with Crippen LogP contribution in [-0.2, 0) is 0 Å². The van der Waals surface area contributed by atoms with Crippen LogP contribution < -0.4 is 21.8 Å². The molecular formula is C20H17ClN6O2S3. The van der Waals surface area contributed by atoms with E-state index in [1.54, 1.807) is 48.7 Å². The number of thiocarbonyl (C=S) groups is 2. The number of hydrogen-bond donors (Lipinski definition) is 4. The average molecular weight is 505 g/mol. The van der Waals surface area contributed by atoms with Crippen molar-refractivity contribution in [3.05, 3.63) is 75.7 Å². The van der Waals surface area contributed by atoms with Crippen LogP contribution in [0.2, 0.25) is 5.02 Å². The normalized spacial score (nSPS) is 11.4. The van der Waals surface area contributed by atoms with Crippen molar-refractivity contribution in [1.29, 1.82) is 0 Å². The number of nitrogens with zero attached hydrogens (tertiary/aromatic N) is 2. The third kappa shape index (κ3) is 6.69. The predicted octanol–water partition coefficient (Wildman–Crippen LogP) is 4.08. The summed E-state index contributed by atoms with van der Waals surface area (Å²) >= 11 is 17.2. The van der Waals surface area contributed by atoms with Gasteiger partial charge in [-0.3, -0.25) is 15.5 Å². The number of thiazole rings is 1. The number of aryl methyl sites for hydroxylation is 1. The Hall–Kier alpha value is -3.12. The van der Waals surface area contributed by atoms with E-state index in [0.29, 0.717) is 32.9 Å². The molecule has 5 N–H and O–H groups in total. The zero-order valence-electron chi connectivity index (χ0n) is 16.6. The lowest BCUT2D eigenvalue weighted by Gasteiger charge is -2.07. The average Bonchev–Trinajstić information content (AvgIpc) is 3.38. The Labute approximate surface area is 203 Å². The van der Waals surface area contributed by atoms with Crippen molar-refractivity contribution >= 4 is 80.4 Å². The first-order chi connectivity index (χ1) is 15.3. The molecule has 0 bridgehead atoms. The summed E-state index contributed by atoms with van der Waals surface area (Å²) in [6.07, 6.45) is 5.07. The summed E-state index contributed by atoms with van der Waals surface area (Å²) in [5.74, 6) is 0.289. The van der Waals surface area contributed by atoms with Gasteiger partial charge in [0.25, 0.3) is 5.91 Å². The molecule has 1 aromatic carbocycles. The molecule has 1 amide bonds. The van der Waals surface area contributed by atoms with Crippen molar-refractivity contribution in [2.45, 2.75) is 6.92 Å². The van der Waals surface area contributed by atoms with E-state index in [-0.39, 0.29) is 16.1 Å². The van der Waals surface area contributed by atoms with Crippen LogP contribution in [0, 0.1) is 6.92 Å². The minimum absolute atomic E-state index is 0.0282. The molecule has 3 aromatic rings. The van der Waals surface area contributed by atoms with Crippen LogP contribution in [0.1, 0.15) is 26.7 Å². The van der Waals surface area contributed by atoms with Gasteiger partial charge in [0.1, 0.15) is 11.5 Å². The van der Waals surface area contributed by atoms with Gasteiger partial charge in [0, 0.05) is 10.6 Å². The highest BCUT2D eigenvalue weighted by Crippen LogP contribution is 2.24. The second kappa shape index (κ2) is 11.0. The van der Waals surface area contributed by atoms with Crippen molar-refractivity contribution in [1.82, 2.24) is 15.7 Å². The molecule has 0 aliphatic rings. The molecule has 0 fully saturated rings. The minimum atomic E-state index is -0.364. The molecule has 0 unspecified atom stereocenters. The molecule has 0 aliphatic heterocycles. The van der Waals surface area contributed by atoms with Gasteiger partial charge in [0.2, 0.25) is 0 Å². The Balaban J connectivity index is 1.74. The number of rotatable bonds is 6. The quantitative estimate of drug-likeness (QED) is 0.225. The smallest absolute Gasteiger partial charge is 0.257 e. The summed E-state index contributed by atoms with van der Waals surface area (Å²) in [6.45, 7) is 1.82. The summed E-state index contributed by atoms with van der Waals surface area (Å²) in [5, 5.41) is 10.9. The molecule has 2 aromatic heterocycles. The number of allylic oxidation sites excluding steroid dienone is 1. The van der Waals surface area contributed by atoms with Crippen LogP contribution in [0.3, 0.4) is 0 Å². The molecular weight excluding hydrogens is 488 g/mol. The number of carbonyl (C=O) groups is 1. The van der Waals surface area contributed by atoms with Crippen LogP contribution in [0.15, 0.2) is 58.3 Å². The van der Waals surface area contributed by atoms with Gasteiger partial charge in [0.15, 0.2) is 15.4 Å². The van der Waals surface area contributed by atoms with E-state index >= 15 is 0 Å². The van der Waals surface area contributed by atoms with Gasteiger partial charge in [0.05, 0.1) is 16.8 Å². The zero-order valence-corrected chi connectivity index (χ0v) is 19.8. The Morgan fingerprint density at radius 3 is 2.69 bits per heavy atom. The number of halogens is 1. The third-order valence-corrected chi connectivity index (χ3v) is 5.46. The van der Waals surface area contributed by atoms with Gasteiger partial charge in [-0.25, -0.2) is 4.98 Å². The van der Waals surface area contributed by atoms with E-state index in [0.717, 1.165) is 4.88 Å². The molecule has 0 saturated heterocycles. The number of aromatic nitrogens is 1. The summed E-state index contributed by atoms with van der Waals surface area (Å²) in [4.78, 5) is 17.5. The number of carbonyl (C=O) groups excluding carboxylic acids is 1. The van der Waals surface area contributed by atoms with E-state index < -0.39 is 0 Å². The molecule has 0 spiro atoms. The first-order valence-corrected chi connectivity index (χ1v) is 11.0. The first kappa shape index (κ1) is 23.5. The highest BCUT2D eigenvalue weighted by atomic mass is 35.5. The summed E-state index contributed by atoms with van der Waals surface area (Å²) < 4.78 is 5.31. The Bertz CT molecular complexity index is 1190.